The molecule has 2 atom stereocenters. The van der Waals surface area contributed by atoms with E-state index in [2.05, 4.69) is 107 Å². The molecule has 24 heavy (non-hydrogen) atoms. The quantitative estimate of drug-likeness (QED) is 0.472. The number of halogens is 1. The van der Waals surface area contributed by atoms with Crippen molar-refractivity contribution in [2.45, 2.75) is 18.3 Å². The van der Waals surface area contributed by atoms with E-state index < -0.39 is 0 Å². The first kappa shape index (κ1) is 15.4. The molecule has 3 aromatic rings. The van der Waals surface area contributed by atoms with Gasteiger partial charge in [-0.3, -0.25) is 0 Å². The molecular formula is C23H19Br. The molecule has 118 valence electrons. The van der Waals surface area contributed by atoms with Gasteiger partial charge in [0.2, 0.25) is 0 Å². The van der Waals surface area contributed by atoms with Gasteiger partial charge in [-0.05, 0) is 46.7 Å². The third kappa shape index (κ3) is 3.09. The van der Waals surface area contributed by atoms with Crippen LogP contribution in [-0.4, -0.2) is 0 Å². The standard InChI is InChI=1S/C23H19Br/c24-21-13-11-17(12-14-21)20-15-22(18-7-3-1-4-8-18)23(16-20)19-9-5-2-6-10-19/h1-15,22-23H,16H2. The van der Waals surface area contributed by atoms with E-state index in [4.69, 9.17) is 0 Å². The normalized spacial score (nSPS) is 20.0. The van der Waals surface area contributed by atoms with Gasteiger partial charge >= 0.3 is 0 Å². The zero-order valence-corrected chi connectivity index (χ0v) is 15.0. The summed E-state index contributed by atoms with van der Waals surface area (Å²) >= 11 is 3.53. The van der Waals surface area contributed by atoms with Crippen LogP contribution in [-0.2, 0) is 0 Å². The topological polar surface area (TPSA) is 0 Å². The molecule has 0 aromatic heterocycles. The van der Waals surface area contributed by atoms with Crippen LogP contribution in [0, 0.1) is 0 Å². The first-order chi connectivity index (χ1) is 11.8. The van der Waals surface area contributed by atoms with Crippen LogP contribution in [0.1, 0.15) is 34.9 Å². The molecule has 0 nitrogen and oxygen atoms in total. The fourth-order valence-electron chi connectivity index (χ4n) is 3.67. The summed E-state index contributed by atoms with van der Waals surface area (Å²) in [7, 11) is 0. The summed E-state index contributed by atoms with van der Waals surface area (Å²) in [6.07, 6.45) is 3.56. The average molecular weight is 375 g/mol. The van der Waals surface area contributed by atoms with Crippen molar-refractivity contribution in [3.8, 4) is 0 Å². The number of benzene rings is 3. The Morgan fingerprint density at radius 3 is 1.88 bits per heavy atom. The average Bonchev–Trinajstić information content (AvgIpc) is 3.09. The summed E-state index contributed by atoms with van der Waals surface area (Å²) in [5.74, 6) is 0.944. The highest BCUT2D eigenvalue weighted by molar-refractivity contribution is 9.10. The molecule has 1 aliphatic carbocycles. The van der Waals surface area contributed by atoms with Crippen LogP contribution in [0.5, 0.6) is 0 Å². The Hall–Kier alpha value is -2.12. The van der Waals surface area contributed by atoms with Gasteiger partial charge in [0.05, 0.1) is 0 Å². The summed E-state index contributed by atoms with van der Waals surface area (Å²) in [5, 5.41) is 0. The summed E-state index contributed by atoms with van der Waals surface area (Å²) in [6.45, 7) is 0. The monoisotopic (exact) mass is 374 g/mol. The first-order valence-corrected chi connectivity index (χ1v) is 9.17. The maximum Gasteiger partial charge on any atom is 0.0175 e. The van der Waals surface area contributed by atoms with Crippen molar-refractivity contribution in [3.05, 3.63) is 112 Å². The SMILES string of the molecule is Brc1ccc(C2=CC(c3ccccc3)C(c3ccccc3)C2)cc1. The van der Waals surface area contributed by atoms with Crippen molar-refractivity contribution < 1.29 is 0 Å². The molecular weight excluding hydrogens is 356 g/mol. The van der Waals surface area contributed by atoms with E-state index in [0.717, 1.165) is 10.9 Å². The Labute approximate surface area is 152 Å². The van der Waals surface area contributed by atoms with Crippen LogP contribution in [0.2, 0.25) is 0 Å². The van der Waals surface area contributed by atoms with E-state index in [0.29, 0.717) is 11.8 Å². The molecule has 0 N–H and O–H groups in total. The molecule has 0 radical (unpaired) electrons. The van der Waals surface area contributed by atoms with Crippen LogP contribution in [0.15, 0.2) is 95.5 Å². The van der Waals surface area contributed by atoms with Crippen LogP contribution >= 0.6 is 15.9 Å². The van der Waals surface area contributed by atoms with Crippen LogP contribution in [0.3, 0.4) is 0 Å². The van der Waals surface area contributed by atoms with Crippen molar-refractivity contribution in [1.29, 1.82) is 0 Å². The molecule has 0 heterocycles. The second kappa shape index (κ2) is 6.78. The molecule has 0 amide bonds. The molecule has 3 aromatic carbocycles. The Morgan fingerprint density at radius 2 is 1.25 bits per heavy atom. The Morgan fingerprint density at radius 1 is 0.667 bits per heavy atom. The zero-order chi connectivity index (χ0) is 16.4. The molecule has 1 heteroatoms. The minimum Gasteiger partial charge on any atom is -0.0725 e. The van der Waals surface area contributed by atoms with Crippen LogP contribution < -0.4 is 0 Å². The predicted molar refractivity (Wildman–Crippen MR) is 105 cm³/mol. The minimum absolute atomic E-state index is 0.437. The molecule has 0 saturated heterocycles. The maximum absolute atomic E-state index is 3.53. The lowest BCUT2D eigenvalue weighted by Gasteiger charge is -2.20. The predicted octanol–water partition coefficient (Wildman–Crippen LogP) is 6.80. The van der Waals surface area contributed by atoms with E-state index in [9.17, 15) is 0 Å². The smallest absolute Gasteiger partial charge is 0.0175 e. The number of hydrogen-bond acceptors (Lipinski definition) is 0. The van der Waals surface area contributed by atoms with E-state index >= 15 is 0 Å². The first-order valence-electron chi connectivity index (χ1n) is 8.38. The van der Waals surface area contributed by atoms with Crippen molar-refractivity contribution in [3.63, 3.8) is 0 Å². The van der Waals surface area contributed by atoms with Gasteiger partial charge in [-0.25, -0.2) is 0 Å². The van der Waals surface area contributed by atoms with Crippen LogP contribution in [0.25, 0.3) is 5.57 Å². The minimum atomic E-state index is 0.437. The summed E-state index contributed by atoms with van der Waals surface area (Å²) in [5.41, 5.74) is 5.61. The molecule has 1 aliphatic rings. The molecule has 4 rings (SSSR count). The highest BCUT2D eigenvalue weighted by Crippen LogP contribution is 2.47. The van der Waals surface area contributed by atoms with Gasteiger partial charge in [0.15, 0.2) is 0 Å². The van der Waals surface area contributed by atoms with E-state index in [1.807, 2.05) is 0 Å². The van der Waals surface area contributed by atoms with Crippen molar-refractivity contribution >= 4 is 21.5 Å². The number of hydrogen-bond donors (Lipinski definition) is 0. The van der Waals surface area contributed by atoms with Gasteiger partial charge in [-0.15, -0.1) is 0 Å². The van der Waals surface area contributed by atoms with Gasteiger partial charge in [-0.1, -0.05) is 94.8 Å². The fourth-order valence-corrected chi connectivity index (χ4v) is 3.94. The molecule has 2 unspecified atom stereocenters. The molecule has 0 saturated carbocycles. The van der Waals surface area contributed by atoms with Gasteiger partial charge < -0.3 is 0 Å². The summed E-state index contributed by atoms with van der Waals surface area (Å²) in [4.78, 5) is 0. The lowest BCUT2D eigenvalue weighted by Crippen LogP contribution is -2.04. The van der Waals surface area contributed by atoms with E-state index in [-0.39, 0.29) is 0 Å². The van der Waals surface area contributed by atoms with E-state index in [1.165, 1.54) is 22.3 Å². The largest absolute Gasteiger partial charge is 0.0725 e. The van der Waals surface area contributed by atoms with Crippen molar-refractivity contribution in [2.75, 3.05) is 0 Å². The molecule has 0 spiro atoms. The van der Waals surface area contributed by atoms with Gasteiger partial charge in [0, 0.05) is 10.4 Å². The summed E-state index contributed by atoms with van der Waals surface area (Å²) < 4.78 is 1.13. The molecule has 0 fully saturated rings. The summed E-state index contributed by atoms with van der Waals surface area (Å²) in [6, 6.07) is 30.5. The Kier molecular flexibility index (Phi) is 4.36. The number of allylic oxidation sites excluding steroid dienone is 2. The van der Waals surface area contributed by atoms with Crippen LogP contribution in [0.4, 0.5) is 0 Å². The van der Waals surface area contributed by atoms with Crippen molar-refractivity contribution in [2.24, 2.45) is 0 Å². The van der Waals surface area contributed by atoms with Gasteiger partial charge in [0.25, 0.3) is 0 Å². The van der Waals surface area contributed by atoms with Gasteiger partial charge in [-0.2, -0.15) is 0 Å². The van der Waals surface area contributed by atoms with Crippen molar-refractivity contribution in [1.82, 2.24) is 0 Å². The third-order valence-electron chi connectivity index (χ3n) is 4.88. The second-order valence-corrected chi connectivity index (χ2v) is 7.27. The third-order valence-corrected chi connectivity index (χ3v) is 5.41. The molecule has 0 aliphatic heterocycles. The van der Waals surface area contributed by atoms with Gasteiger partial charge in [0.1, 0.15) is 0 Å². The lowest BCUT2D eigenvalue weighted by atomic mass is 9.83. The Balaban J connectivity index is 1.74. The highest BCUT2D eigenvalue weighted by Gasteiger charge is 2.30. The molecule has 0 bridgehead atoms. The number of rotatable bonds is 3. The second-order valence-electron chi connectivity index (χ2n) is 6.36. The highest BCUT2D eigenvalue weighted by atomic mass is 79.9. The fraction of sp³-hybridized carbons (Fsp3) is 0.130. The Bertz CT molecular complexity index is 832. The zero-order valence-electron chi connectivity index (χ0n) is 13.4. The maximum atomic E-state index is 3.53. The van der Waals surface area contributed by atoms with E-state index in [1.54, 1.807) is 0 Å². The lowest BCUT2D eigenvalue weighted by molar-refractivity contribution is 0.668.